The molecule has 23 heavy (non-hydrogen) atoms. The van der Waals surface area contributed by atoms with Crippen LogP contribution in [0.2, 0.25) is 5.02 Å². The summed E-state index contributed by atoms with van der Waals surface area (Å²) in [4.78, 5) is 4.07. The minimum Gasteiger partial charge on any atom is -0.276 e. The molecule has 6 heteroatoms. The molecule has 2 heterocycles. The number of hydrogen-bond acceptors (Lipinski definition) is 4. The normalized spacial score (nSPS) is 11.9. The second-order valence-corrected chi connectivity index (χ2v) is 6.68. The van der Waals surface area contributed by atoms with Gasteiger partial charge >= 0.3 is 0 Å². The number of nitrogens with zero attached hydrogens (tertiary/aromatic N) is 3. The maximum Gasteiger partial charge on any atom is 0.128 e. The van der Waals surface area contributed by atoms with Crippen molar-refractivity contribution >= 4 is 23.4 Å². The number of pyridine rings is 1. The third-order valence-corrected chi connectivity index (χ3v) is 4.53. The summed E-state index contributed by atoms with van der Waals surface area (Å²) >= 11 is 7.41. The molecule has 0 aliphatic rings. The van der Waals surface area contributed by atoms with Crippen LogP contribution in [0.3, 0.4) is 0 Å². The van der Waals surface area contributed by atoms with Crippen LogP contribution in [0.4, 0.5) is 0 Å². The summed E-state index contributed by atoms with van der Waals surface area (Å²) in [5.74, 6) is 0. The molecule has 1 unspecified atom stereocenters. The number of rotatable bonds is 4. The highest BCUT2D eigenvalue weighted by Gasteiger charge is 2.19. The Kier molecular flexibility index (Phi) is 4.65. The molecule has 0 aliphatic carbocycles. The molecule has 0 saturated heterocycles. The molecule has 2 aromatic heterocycles. The van der Waals surface area contributed by atoms with Gasteiger partial charge in [0.05, 0.1) is 17.0 Å². The molecule has 1 atom stereocenters. The monoisotopic (exact) mass is 340 g/mol. The Bertz CT molecular complexity index is 837. The van der Waals surface area contributed by atoms with Crippen LogP contribution in [0.25, 0.3) is 22.4 Å². The summed E-state index contributed by atoms with van der Waals surface area (Å²) < 4.78 is 0. The van der Waals surface area contributed by atoms with E-state index in [0.29, 0.717) is 5.02 Å². The molecular weight excluding hydrogens is 328 g/mol. The predicted molar refractivity (Wildman–Crippen MR) is 93.2 cm³/mol. The molecule has 1 aromatic carbocycles. The van der Waals surface area contributed by atoms with Crippen LogP contribution in [-0.2, 0) is 0 Å². The van der Waals surface area contributed by atoms with E-state index in [9.17, 15) is 0 Å². The minimum absolute atomic E-state index is 0.183. The topological polar surface area (TPSA) is 65.4 Å². The van der Waals surface area contributed by atoms with Gasteiger partial charge in [0.15, 0.2) is 0 Å². The molecule has 0 fully saturated rings. The van der Waals surface area contributed by atoms with E-state index in [4.69, 9.17) is 16.9 Å². The van der Waals surface area contributed by atoms with Gasteiger partial charge in [-0.05, 0) is 36.8 Å². The lowest BCUT2D eigenvalue weighted by Crippen LogP contribution is -1.91. The van der Waals surface area contributed by atoms with E-state index in [-0.39, 0.29) is 5.25 Å². The first-order chi connectivity index (χ1) is 11.2. The maximum absolute atomic E-state index is 9.08. The summed E-state index contributed by atoms with van der Waals surface area (Å²) in [6.45, 7) is 1.86. The van der Waals surface area contributed by atoms with E-state index in [1.807, 2.05) is 43.3 Å². The van der Waals surface area contributed by atoms with Gasteiger partial charge in [-0.3, -0.25) is 10.1 Å². The van der Waals surface area contributed by atoms with Gasteiger partial charge in [-0.2, -0.15) is 10.4 Å². The van der Waals surface area contributed by atoms with Gasteiger partial charge in [0.1, 0.15) is 5.03 Å². The average molecular weight is 341 g/mol. The van der Waals surface area contributed by atoms with Crippen molar-refractivity contribution in [2.24, 2.45) is 0 Å². The molecule has 0 aliphatic heterocycles. The van der Waals surface area contributed by atoms with Gasteiger partial charge in [-0.1, -0.05) is 35.5 Å². The smallest absolute Gasteiger partial charge is 0.128 e. The number of nitriles is 1. The van der Waals surface area contributed by atoms with Crippen molar-refractivity contribution < 1.29 is 0 Å². The number of halogens is 1. The van der Waals surface area contributed by atoms with E-state index in [1.165, 1.54) is 11.8 Å². The second kappa shape index (κ2) is 6.86. The van der Waals surface area contributed by atoms with E-state index >= 15 is 0 Å². The minimum atomic E-state index is -0.183. The molecule has 0 bridgehead atoms. The van der Waals surface area contributed by atoms with Crippen LogP contribution in [0, 0.1) is 11.3 Å². The van der Waals surface area contributed by atoms with Gasteiger partial charge in [0.2, 0.25) is 0 Å². The molecule has 0 amide bonds. The SMILES string of the molecule is CC(C#N)Sc1n[nH]c(-c2ccc(Cl)cc2)c1-c1ccncc1. The number of aromatic nitrogens is 3. The van der Waals surface area contributed by atoms with Gasteiger partial charge in [0.25, 0.3) is 0 Å². The van der Waals surface area contributed by atoms with Crippen LogP contribution in [-0.4, -0.2) is 20.4 Å². The number of benzene rings is 1. The predicted octanol–water partition coefficient (Wildman–Crippen LogP) is 4.80. The summed E-state index contributed by atoms with van der Waals surface area (Å²) in [6.07, 6.45) is 3.49. The third-order valence-electron chi connectivity index (χ3n) is 3.31. The Hall–Kier alpha value is -2.29. The highest BCUT2D eigenvalue weighted by atomic mass is 35.5. The fourth-order valence-corrected chi connectivity index (χ4v) is 3.17. The van der Waals surface area contributed by atoms with E-state index in [1.54, 1.807) is 12.4 Å². The molecule has 1 N–H and O–H groups in total. The lowest BCUT2D eigenvalue weighted by molar-refractivity contribution is 1.00. The summed E-state index contributed by atoms with van der Waals surface area (Å²) in [7, 11) is 0. The van der Waals surface area contributed by atoms with Crippen molar-refractivity contribution in [1.29, 1.82) is 5.26 Å². The van der Waals surface area contributed by atoms with Gasteiger partial charge in [0, 0.05) is 28.5 Å². The molecule has 0 spiro atoms. The van der Waals surface area contributed by atoms with Crippen molar-refractivity contribution in [2.75, 3.05) is 0 Å². The van der Waals surface area contributed by atoms with Crippen LogP contribution in [0.1, 0.15) is 6.92 Å². The number of aromatic amines is 1. The van der Waals surface area contributed by atoms with Crippen molar-refractivity contribution in [3.63, 3.8) is 0 Å². The zero-order chi connectivity index (χ0) is 16.2. The van der Waals surface area contributed by atoms with Crippen molar-refractivity contribution in [1.82, 2.24) is 15.2 Å². The van der Waals surface area contributed by atoms with Crippen LogP contribution in [0.5, 0.6) is 0 Å². The summed E-state index contributed by atoms with van der Waals surface area (Å²) in [5.41, 5.74) is 3.87. The fourth-order valence-electron chi connectivity index (χ4n) is 2.22. The average Bonchev–Trinajstić information content (AvgIpc) is 2.99. The fraction of sp³-hybridized carbons (Fsp3) is 0.118. The lowest BCUT2D eigenvalue weighted by Gasteiger charge is -2.07. The third kappa shape index (κ3) is 3.39. The largest absolute Gasteiger partial charge is 0.276 e. The highest BCUT2D eigenvalue weighted by Crippen LogP contribution is 2.39. The number of H-pyrrole nitrogens is 1. The molecule has 3 aromatic rings. The zero-order valence-electron chi connectivity index (χ0n) is 12.3. The molecule has 0 radical (unpaired) electrons. The molecule has 3 rings (SSSR count). The Morgan fingerprint density at radius 1 is 1.13 bits per heavy atom. The van der Waals surface area contributed by atoms with Gasteiger partial charge in [-0.15, -0.1) is 0 Å². The molecule has 0 saturated carbocycles. The Balaban J connectivity index is 2.13. The summed E-state index contributed by atoms with van der Waals surface area (Å²) in [5, 5.41) is 17.9. The summed E-state index contributed by atoms with van der Waals surface area (Å²) in [6, 6.07) is 13.7. The Morgan fingerprint density at radius 3 is 2.48 bits per heavy atom. The Labute approximate surface area is 143 Å². The first-order valence-electron chi connectivity index (χ1n) is 7.00. The van der Waals surface area contributed by atoms with Crippen LogP contribution in [0.15, 0.2) is 53.8 Å². The quantitative estimate of drug-likeness (QED) is 0.693. The molecular formula is C17H13ClN4S. The van der Waals surface area contributed by atoms with Crippen LogP contribution >= 0.6 is 23.4 Å². The highest BCUT2D eigenvalue weighted by molar-refractivity contribution is 8.00. The number of nitrogens with one attached hydrogen (secondary N) is 1. The Morgan fingerprint density at radius 2 is 1.83 bits per heavy atom. The van der Waals surface area contributed by atoms with Crippen molar-refractivity contribution in [3.8, 4) is 28.5 Å². The van der Waals surface area contributed by atoms with Crippen molar-refractivity contribution in [3.05, 3.63) is 53.8 Å². The first-order valence-corrected chi connectivity index (χ1v) is 8.26. The van der Waals surface area contributed by atoms with Crippen molar-refractivity contribution in [2.45, 2.75) is 17.2 Å². The standard InChI is InChI=1S/C17H13ClN4S/c1-11(10-19)23-17-15(12-6-8-20-9-7-12)16(21-22-17)13-2-4-14(18)5-3-13/h2-9,11H,1H3,(H,21,22). The van der Waals surface area contributed by atoms with Crippen LogP contribution < -0.4 is 0 Å². The molecule has 114 valence electrons. The zero-order valence-corrected chi connectivity index (χ0v) is 13.9. The second-order valence-electron chi connectivity index (χ2n) is 4.91. The van der Waals surface area contributed by atoms with Gasteiger partial charge in [-0.25, -0.2) is 0 Å². The lowest BCUT2D eigenvalue weighted by atomic mass is 10.0. The maximum atomic E-state index is 9.08. The van der Waals surface area contributed by atoms with Gasteiger partial charge < -0.3 is 0 Å². The van der Waals surface area contributed by atoms with E-state index in [2.05, 4.69) is 21.3 Å². The van der Waals surface area contributed by atoms with E-state index < -0.39 is 0 Å². The molecule has 4 nitrogen and oxygen atoms in total. The number of thioether (sulfide) groups is 1. The first kappa shape index (κ1) is 15.6. The number of hydrogen-bond donors (Lipinski definition) is 1. The van der Waals surface area contributed by atoms with E-state index in [0.717, 1.165) is 27.4 Å².